The quantitative estimate of drug-likeness (QED) is 0.565. The van der Waals surface area contributed by atoms with E-state index in [1.54, 1.807) is 17.0 Å². The first-order chi connectivity index (χ1) is 14.0. The number of amides is 1. The van der Waals surface area contributed by atoms with Crippen molar-refractivity contribution in [3.05, 3.63) is 89.2 Å². The molecule has 0 spiro atoms. The van der Waals surface area contributed by atoms with Gasteiger partial charge in [0.25, 0.3) is 5.91 Å². The first-order valence-electron chi connectivity index (χ1n) is 9.73. The van der Waals surface area contributed by atoms with E-state index >= 15 is 0 Å². The molecule has 0 saturated heterocycles. The van der Waals surface area contributed by atoms with Crippen LogP contribution in [0.1, 0.15) is 34.2 Å². The summed E-state index contributed by atoms with van der Waals surface area (Å²) in [6.07, 6.45) is 0. The lowest BCUT2D eigenvalue weighted by atomic mass is 10.2. The Balaban J connectivity index is 1.59. The minimum Gasteiger partial charge on any atom is -0.452 e. The number of nitrogens with zero attached hydrogens (tertiary/aromatic N) is 2. The number of carbonyl (C=O) groups is 2. The van der Waals surface area contributed by atoms with Crippen LogP contribution in [0.3, 0.4) is 0 Å². The van der Waals surface area contributed by atoms with Crippen LogP contribution in [0.4, 0.5) is 0 Å². The van der Waals surface area contributed by atoms with E-state index in [9.17, 15) is 9.59 Å². The molecule has 150 valence electrons. The van der Waals surface area contributed by atoms with Crippen LogP contribution < -0.4 is 0 Å². The monoisotopic (exact) mass is 390 g/mol. The lowest BCUT2D eigenvalue weighted by Gasteiger charge is -2.20. The second-order valence-electron chi connectivity index (χ2n) is 6.97. The van der Waals surface area contributed by atoms with E-state index in [0.717, 1.165) is 22.6 Å². The maximum absolute atomic E-state index is 12.4. The molecule has 3 aromatic rings. The number of ether oxygens (including phenoxy) is 1. The number of hydrogen-bond acceptors (Lipinski definition) is 3. The highest BCUT2D eigenvalue weighted by molar-refractivity contribution is 5.91. The molecule has 2 aromatic carbocycles. The van der Waals surface area contributed by atoms with Gasteiger partial charge in [0.1, 0.15) is 0 Å². The average Bonchev–Trinajstić information content (AvgIpc) is 3.08. The van der Waals surface area contributed by atoms with Gasteiger partial charge in [-0.1, -0.05) is 30.3 Å². The first kappa shape index (κ1) is 20.4. The fourth-order valence-electron chi connectivity index (χ4n) is 3.30. The van der Waals surface area contributed by atoms with Gasteiger partial charge >= 0.3 is 5.97 Å². The average molecular weight is 390 g/mol. The predicted molar refractivity (Wildman–Crippen MR) is 113 cm³/mol. The van der Waals surface area contributed by atoms with Gasteiger partial charge in [-0.15, -0.1) is 0 Å². The van der Waals surface area contributed by atoms with E-state index < -0.39 is 5.97 Å². The molecule has 0 saturated carbocycles. The van der Waals surface area contributed by atoms with Gasteiger partial charge in [0.05, 0.1) is 5.56 Å². The number of carbonyl (C=O) groups excluding carboxylic acids is 2. The van der Waals surface area contributed by atoms with Gasteiger partial charge < -0.3 is 14.2 Å². The summed E-state index contributed by atoms with van der Waals surface area (Å²) < 4.78 is 7.36. The molecule has 3 rings (SSSR count). The van der Waals surface area contributed by atoms with Gasteiger partial charge in [-0.25, -0.2) is 4.79 Å². The summed E-state index contributed by atoms with van der Waals surface area (Å²) in [6, 6.07) is 21.1. The second kappa shape index (κ2) is 9.24. The molecule has 1 aromatic heterocycles. The topological polar surface area (TPSA) is 51.5 Å². The van der Waals surface area contributed by atoms with Gasteiger partial charge in [-0.2, -0.15) is 0 Å². The lowest BCUT2D eigenvalue weighted by molar-refractivity contribution is -0.134. The zero-order valence-electron chi connectivity index (χ0n) is 17.1. The molecule has 0 aliphatic heterocycles. The van der Waals surface area contributed by atoms with Crippen molar-refractivity contribution < 1.29 is 14.3 Å². The Morgan fingerprint density at radius 1 is 0.897 bits per heavy atom. The van der Waals surface area contributed by atoms with Gasteiger partial charge in [0.15, 0.2) is 6.61 Å². The fraction of sp³-hybridized carbons (Fsp3) is 0.250. The summed E-state index contributed by atoms with van der Waals surface area (Å²) in [6.45, 7) is 6.77. The van der Waals surface area contributed by atoms with Gasteiger partial charge in [-0.05, 0) is 62.7 Å². The zero-order valence-corrected chi connectivity index (χ0v) is 17.1. The molecule has 1 heterocycles. The highest BCUT2D eigenvalue weighted by atomic mass is 16.5. The molecule has 1 amide bonds. The normalized spacial score (nSPS) is 10.6. The van der Waals surface area contributed by atoms with Crippen molar-refractivity contribution in [1.29, 1.82) is 0 Å². The summed E-state index contributed by atoms with van der Waals surface area (Å²) in [5, 5.41) is 0. The minimum atomic E-state index is -0.499. The zero-order chi connectivity index (χ0) is 20.8. The largest absolute Gasteiger partial charge is 0.452 e. The van der Waals surface area contributed by atoms with Crippen LogP contribution in [-0.2, 0) is 16.1 Å². The summed E-state index contributed by atoms with van der Waals surface area (Å²) in [7, 11) is 0. The van der Waals surface area contributed by atoms with E-state index in [1.807, 2.05) is 63.2 Å². The third-order valence-corrected chi connectivity index (χ3v) is 4.91. The van der Waals surface area contributed by atoms with Crippen LogP contribution in [0.5, 0.6) is 0 Å². The van der Waals surface area contributed by atoms with E-state index in [0.29, 0.717) is 18.7 Å². The number of hydrogen-bond donors (Lipinski definition) is 0. The van der Waals surface area contributed by atoms with Crippen LogP contribution in [0, 0.1) is 13.8 Å². The molecule has 0 fully saturated rings. The van der Waals surface area contributed by atoms with Crippen LogP contribution in [0.25, 0.3) is 5.69 Å². The third-order valence-electron chi connectivity index (χ3n) is 4.91. The van der Waals surface area contributed by atoms with E-state index in [2.05, 4.69) is 16.7 Å². The van der Waals surface area contributed by atoms with E-state index in [4.69, 9.17) is 4.74 Å². The minimum absolute atomic E-state index is 0.208. The molecule has 29 heavy (non-hydrogen) atoms. The van der Waals surface area contributed by atoms with Crippen LogP contribution in [0.2, 0.25) is 0 Å². The Morgan fingerprint density at radius 3 is 2.10 bits per heavy atom. The fourth-order valence-corrected chi connectivity index (χ4v) is 3.30. The Hall–Kier alpha value is -3.34. The summed E-state index contributed by atoms with van der Waals surface area (Å²) in [5.74, 6) is -0.707. The van der Waals surface area contributed by atoms with Crippen molar-refractivity contribution in [2.45, 2.75) is 27.3 Å². The van der Waals surface area contributed by atoms with Crippen molar-refractivity contribution >= 4 is 11.9 Å². The van der Waals surface area contributed by atoms with Gasteiger partial charge in [-0.3, -0.25) is 4.79 Å². The molecule has 0 unspecified atom stereocenters. The summed E-state index contributed by atoms with van der Waals surface area (Å²) in [5.41, 5.74) is 4.70. The second-order valence-corrected chi connectivity index (χ2v) is 6.97. The van der Waals surface area contributed by atoms with Crippen molar-refractivity contribution in [2.75, 3.05) is 13.2 Å². The molecule has 0 N–H and O–H groups in total. The molecular formula is C24H26N2O3. The standard InChI is InChI=1S/C24H26N2O3/c1-4-25(16-20-8-6-5-7-9-20)23(27)17-29-24(28)21-12-14-22(15-13-21)26-18(2)10-11-19(26)3/h5-15H,4,16-17H2,1-3H3. The van der Waals surface area contributed by atoms with Crippen molar-refractivity contribution in [3.63, 3.8) is 0 Å². The van der Waals surface area contributed by atoms with Crippen LogP contribution in [-0.4, -0.2) is 34.5 Å². The number of esters is 1. The predicted octanol–water partition coefficient (Wildman–Crippen LogP) is 4.30. The molecule has 0 radical (unpaired) electrons. The van der Waals surface area contributed by atoms with Gasteiger partial charge in [0.2, 0.25) is 0 Å². The highest BCUT2D eigenvalue weighted by Gasteiger charge is 2.16. The molecular weight excluding hydrogens is 364 g/mol. The number of likely N-dealkylation sites (N-methyl/N-ethyl adjacent to an activating group) is 1. The maximum atomic E-state index is 12.4. The van der Waals surface area contributed by atoms with Crippen LogP contribution in [0.15, 0.2) is 66.7 Å². The van der Waals surface area contributed by atoms with Crippen molar-refractivity contribution in [2.24, 2.45) is 0 Å². The highest BCUT2D eigenvalue weighted by Crippen LogP contribution is 2.17. The Labute approximate surface area is 171 Å². The number of aromatic nitrogens is 1. The Morgan fingerprint density at radius 2 is 1.52 bits per heavy atom. The Bertz CT molecular complexity index is 956. The smallest absolute Gasteiger partial charge is 0.338 e. The van der Waals surface area contributed by atoms with E-state index in [-0.39, 0.29) is 12.5 Å². The summed E-state index contributed by atoms with van der Waals surface area (Å²) in [4.78, 5) is 26.5. The van der Waals surface area contributed by atoms with Crippen molar-refractivity contribution in [1.82, 2.24) is 9.47 Å². The molecule has 5 nitrogen and oxygen atoms in total. The molecule has 0 aliphatic carbocycles. The number of aryl methyl sites for hydroxylation is 2. The maximum Gasteiger partial charge on any atom is 0.338 e. The molecule has 0 aliphatic rings. The molecule has 5 heteroatoms. The van der Waals surface area contributed by atoms with E-state index in [1.165, 1.54) is 0 Å². The first-order valence-corrected chi connectivity index (χ1v) is 9.73. The molecule has 0 bridgehead atoms. The van der Waals surface area contributed by atoms with Gasteiger partial charge in [0, 0.05) is 30.2 Å². The number of benzene rings is 2. The van der Waals surface area contributed by atoms with Crippen LogP contribution >= 0.6 is 0 Å². The van der Waals surface area contributed by atoms with Crippen molar-refractivity contribution in [3.8, 4) is 5.69 Å². The number of rotatable bonds is 7. The SMILES string of the molecule is CCN(Cc1ccccc1)C(=O)COC(=O)c1ccc(-n2c(C)ccc2C)cc1. The molecule has 0 atom stereocenters. The lowest BCUT2D eigenvalue weighted by Crippen LogP contribution is -2.34. The Kier molecular flexibility index (Phi) is 6.50. The summed E-state index contributed by atoms with van der Waals surface area (Å²) >= 11 is 0. The third kappa shape index (κ3) is 4.93.